The lowest BCUT2D eigenvalue weighted by Gasteiger charge is -2.16. The number of carboxylic acids is 1. The molecule has 0 aliphatic carbocycles. The van der Waals surface area contributed by atoms with Gasteiger partial charge < -0.3 is 18.9 Å². The lowest BCUT2D eigenvalue weighted by molar-refractivity contribution is -0.139. The van der Waals surface area contributed by atoms with Crippen molar-refractivity contribution >= 4 is 16.9 Å². The molecule has 172 valence electrons. The van der Waals surface area contributed by atoms with Crippen molar-refractivity contribution < 1.29 is 32.3 Å². The summed E-state index contributed by atoms with van der Waals surface area (Å²) in [5, 5.41) is 13.7. The van der Waals surface area contributed by atoms with Crippen LogP contribution in [0.25, 0.3) is 33.7 Å². The number of aliphatic carboxylic acids is 1. The Labute approximate surface area is 186 Å². The third-order valence-corrected chi connectivity index (χ3v) is 4.94. The first-order valence-corrected chi connectivity index (χ1v) is 10.2. The minimum Gasteiger partial charge on any atom is -0.490 e. The molecule has 0 saturated heterocycles. The fourth-order valence-electron chi connectivity index (χ4n) is 3.52. The normalized spacial score (nSPS) is 11.9. The number of hydrogen-bond donors (Lipinski definition) is 1. The lowest BCUT2D eigenvalue weighted by atomic mass is 10.1. The molecule has 2 aromatic heterocycles. The number of hydrogen-bond acceptors (Lipinski definition) is 5. The van der Waals surface area contributed by atoms with Crippen LogP contribution in [0.4, 0.5) is 13.2 Å². The minimum absolute atomic E-state index is 0.0293. The number of carboxylic acid groups (broad SMARTS) is 1. The van der Waals surface area contributed by atoms with Gasteiger partial charge in [-0.3, -0.25) is 4.79 Å². The first-order valence-electron chi connectivity index (χ1n) is 10.2. The molecule has 0 radical (unpaired) electrons. The zero-order chi connectivity index (χ0) is 23.8. The summed E-state index contributed by atoms with van der Waals surface area (Å²) in [4.78, 5) is 15.2. The van der Waals surface area contributed by atoms with E-state index < -0.39 is 23.8 Å². The highest BCUT2D eigenvalue weighted by Crippen LogP contribution is 2.39. The number of rotatable bonds is 7. The average molecular weight is 459 g/mol. The van der Waals surface area contributed by atoms with E-state index in [0.29, 0.717) is 12.1 Å². The number of fused-ring (bicyclic) bond motifs is 1. The third kappa shape index (κ3) is 4.69. The molecule has 0 fully saturated rings. The van der Waals surface area contributed by atoms with Crippen LogP contribution in [0.15, 0.2) is 53.2 Å². The number of alkyl halides is 3. The first kappa shape index (κ1) is 22.4. The van der Waals surface area contributed by atoms with Crippen LogP contribution >= 0.6 is 0 Å². The molecule has 0 saturated carbocycles. The number of carbonyl (C=O) groups is 1. The molecule has 4 aromatic rings. The van der Waals surface area contributed by atoms with Gasteiger partial charge in [-0.05, 0) is 44.2 Å². The summed E-state index contributed by atoms with van der Waals surface area (Å²) < 4.78 is 53.1. The molecule has 0 atom stereocenters. The number of halogens is 3. The Kier molecular flexibility index (Phi) is 5.84. The quantitative estimate of drug-likeness (QED) is 0.385. The van der Waals surface area contributed by atoms with Crippen LogP contribution < -0.4 is 4.74 Å². The fraction of sp³-hybridized carbons (Fsp3) is 0.261. The molecular weight excluding hydrogens is 439 g/mol. The second-order valence-corrected chi connectivity index (χ2v) is 7.69. The van der Waals surface area contributed by atoms with Gasteiger partial charge in [0.2, 0.25) is 5.82 Å². The highest BCUT2D eigenvalue weighted by molar-refractivity contribution is 5.94. The van der Waals surface area contributed by atoms with Gasteiger partial charge in [0.25, 0.3) is 5.89 Å². The van der Waals surface area contributed by atoms with Gasteiger partial charge in [0.05, 0.1) is 18.1 Å². The Morgan fingerprint density at radius 1 is 1.21 bits per heavy atom. The van der Waals surface area contributed by atoms with Gasteiger partial charge in [0.1, 0.15) is 5.75 Å². The van der Waals surface area contributed by atoms with E-state index in [1.54, 1.807) is 36.7 Å². The van der Waals surface area contributed by atoms with Gasteiger partial charge >= 0.3 is 12.1 Å². The van der Waals surface area contributed by atoms with E-state index >= 15 is 0 Å². The predicted octanol–water partition coefficient (Wildman–Crippen LogP) is 5.64. The van der Waals surface area contributed by atoms with Gasteiger partial charge in [0.15, 0.2) is 0 Å². The maximum absolute atomic E-state index is 13.6. The molecular formula is C23H20F3N3O4. The SMILES string of the molecule is CC(C)Oc1ccc(-c2nc(-c3cccc4c3ccn4CCC(=O)O)no2)cc1C(F)(F)F. The summed E-state index contributed by atoms with van der Waals surface area (Å²) in [6, 6.07) is 10.8. The van der Waals surface area contributed by atoms with Crippen LogP contribution in [-0.2, 0) is 17.5 Å². The topological polar surface area (TPSA) is 90.4 Å². The summed E-state index contributed by atoms with van der Waals surface area (Å²) in [6.45, 7) is 3.59. The maximum atomic E-state index is 13.6. The molecule has 2 heterocycles. The highest BCUT2D eigenvalue weighted by Gasteiger charge is 2.35. The van der Waals surface area contributed by atoms with Crippen molar-refractivity contribution in [3.8, 4) is 28.6 Å². The number of ether oxygens (including phenoxy) is 1. The van der Waals surface area contributed by atoms with Crippen molar-refractivity contribution in [1.29, 1.82) is 0 Å². The average Bonchev–Trinajstić information content (AvgIpc) is 3.38. The second-order valence-electron chi connectivity index (χ2n) is 7.69. The number of nitrogens with zero attached hydrogens (tertiary/aromatic N) is 3. The van der Waals surface area contributed by atoms with E-state index in [1.165, 1.54) is 12.1 Å². The van der Waals surface area contributed by atoms with Gasteiger partial charge in [-0.1, -0.05) is 17.3 Å². The van der Waals surface area contributed by atoms with Crippen LogP contribution in [0.1, 0.15) is 25.8 Å². The molecule has 0 amide bonds. The van der Waals surface area contributed by atoms with E-state index in [0.717, 1.165) is 17.0 Å². The smallest absolute Gasteiger partial charge is 0.419 e. The van der Waals surface area contributed by atoms with Crippen LogP contribution in [0.3, 0.4) is 0 Å². The third-order valence-electron chi connectivity index (χ3n) is 4.94. The van der Waals surface area contributed by atoms with E-state index in [4.69, 9.17) is 14.4 Å². The summed E-state index contributed by atoms with van der Waals surface area (Å²) in [7, 11) is 0. The highest BCUT2D eigenvalue weighted by atomic mass is 19.4. The van der Waals surface area contributed by atoms with Gasteiger partial charge in [0, 0.05) is 34.8 Å². The van der Waals surface area contributed by atoms with Crippen molar-refractivity contribution in [2.45, 2.75) is 39.1 Å². The van der Waals surface area contributed by atoms with Crippen molar-refractivity contribution in [1.82, 2.24) is 14.7 Å². The minimum atomic E-state index is -4.62. The van der Waals surface area contributed by atoms with Crippen LogP contribution in [-0.4, -0.2) is 31.9 Å². The molecule has 4 rings (SSSR count). The Bertz CT molecular complexity index is 1310. The molecule has 0 aliphatic heterocycles. The monoisotopic (exact) mass is 459 g/mol. The number of benzene rings is 2. The van der Waals surface area contributed by atoms with Gasteiger partial charge in [-0.2, -0.15) is 18.2 Å². The summed E-state index contributed by atoms with van der Waals surface area (Å²) in [5.41, 5.74) is 0.594. The van der Waals surface area contributed by atoms with Gasteiger partial charge in [-0.15, -0.1) is 0 Å². The molecule has 0 aliphatic rings. The Balaban J connectivity index is 1.70. The summed E-state index contributed by atoms with van der Waals surface area (Å²) >= 11 is 0. The summed E-state index contributed by atoms with van der Waals surface area (Å²) in [6.07, 6.45) is -3.30. The zero-order valence-corrected chi connectivity index (χ0v) is 17.8. The molecule has 33 heavy (non-hydrogen) atoms. The summed E-state index contributed by atoms with van der Waals surface area (Å²) in [5.74, 6) is -1.02. The molecule has 2 aromatic carbocycles. The van der Waals surface area contributed by atoms with Crippen molar-refractivity contribution in [2.24, 2.45) is 0 Å². The van der Waals surface area contributed by atoms with Crippen LogP contribution in [0.5, 0.6) is 5.75 Å². The van der Waals surface area contributed by atoms with E-state index in [9.17, 15) is 18.0 Å². The predicted molar refractivity (Wildman–Crippen MR) is 114 cm³/mol. The van der Waals surface area contributed by atoms with E-state index in [1.807, 2.05) is 12.1 Å². The fourth-order valence-corrected chi connectivity index (χ4v) is 3.52. The zero-order valence-electron chi connectivity index (χ0n) is 17.8. The molecule has 10 heteroatoms. The molecule has 0 unspecified atom stereocenters. The van der Waals surface area contributed by atoms with E-state index in [2.05, 4.69) is 10.1 Å². The van der Waals surface area contributed by atoms with Crippen LogP contribution in [0.2, 0.25) is 0 Å². The Morgan fingerprint density at radius 3 is 2.70 bits per heavy atom. The van der Waals surface area contributed by atoms with Crippen LogP contribution in [0, 0.1) is 0 Å². The van der Waals surface area contributed by atoms with Crippen molar-refractivity contribution in [3.63, 3.8) is 0 Å². The van der Waals surface area contributed by atoms with Crippen molar-refractivity contribution in [3.05, 3.63) is 54.2 Å². The Morgan fingerprint density at radius 2 is 2.00 bits per heavy atom. The largest absolute Gasteiger partial charge is 0.490 e. The number of aryl methyl sites for hydroxylation is 1. The molecule has 0 spiro atoms. The molecule has 1 N–H and O–H groups in total. The molecule has 0 bridgehead atoms. The van der Waals surface area contributed by atoms with Gasteiger partial charge in [-0.25, -0.2) is 0 Å². The maximum Gasteiger partial charge on any atom is 0.419 e. The van der Waals surface area contributed by atoms with E-state index in [-0.39, 0.29) is 29.4 Å². The molecule has 7 nitrogen and oxygen atoms in total. The first-order chi connectivity index (χ1) is 15.6. The second kappa shape index (κ2) is 8.61. The van der Waals surface area contributed by atoms with Crippen molar-refractivity contribution in [2.75, 3.05) is 0 Å². The Hall–Kier alpha value is -3.82. The standard InChI is InChI=1S/C23H20F3N3O4/c1-13(2)32-19-7-6-14(12-17(19)23(24,25)26)22-27-21(28-33-22)16-4-3-5-18-15(16)8-10-29(18)11-9-20(30)31/h3-8,10,12-13H,9,11H2,1-2H3,(H,30,31). The lowest BCUT2D eigenvalue weighted by Crippen LogP contribution is -2.13. The number of aromatic nitrogens is 3.